The SMILES string of the molecule is CCOc1cccc(CN(C)C2CCC(NC)CC2)c1. The topological polar surface area (TPSA) is 24.5 Å². The molecule has 0 bridgehead atoms. The van der Waals surface area contributed by atoms with Gasteiger partial charge in [0.15, 0.2) is 0 Å². The van der Waals surface area contributed by atoms with Crippen molar-refractivity contribution in [2.45, 2.75) is 51.2 Å². The summed E-state index contributed by atoms with van der Waals surface area (Å²) >= 11 is 0. The Morgan fingerprint density at radius 3 is 2.65 bits per heavy atom. The average Bonchev–Trinajstić information content (AvgIpc) is 2.48. The number of hydrogen-bond donors (Lipinski definition) is 1. The van der Waals surface area contributed by atoms with Gasteiger partial charge in [-0.1, -0.05) is 12.1 Å². The van der Waals surface area contributed by atoms with Crippen molar-refractivity contribution in [3.8, 4) is 5.75 Å². The minimum atomic E-state index is 0.718. The summed E-state index contributed by atoms with van der Waals surface area (Å²) in [6, 6.07) is 9.92. The summed E-state index contributed by atoms with van der Waals surface area (Å²) in [6.07, 6.45) is 5.19. The van der Waals surface area contributed by atoms with Gasteiger partial charge in [-0.15, -0.1) is 0 Å². The smallest absolute Gasteiger partial charge is 0.119 e. The van der Waals surface area contributed by atoms with Gasteiger partial charge in [0.25, 0.3) is 0 Å². The number of ether oxygens (including phenoxy) is 1. The molecule has 0 radical (unpaired) electrons. The molecule has 0 spiro atoms. The van der Waals surface area contributed by atoms with E-state index in [2.05, 4.69) is 42.5 Å². The maximum atomic E-state index is 5.58. The predicted octanol–water partition coefficient (Wildman–Crippen LogP) is 3.05. The molecule has 3 nitrogen and oxygen atoms in total. The van der Waals surface area contributed by atoms with Crippen LogP contribution in [0, 0.1) is 0 Å². The first-order valence-corrected chi connectivity index (χ1v) is 7.82. The average molecular weight is 276 g/mol. The van der Waals surface area contributed by atoms with E-state index < -0.39 is 0 Å². The molecule has 20 heavy (non-hydrogen) atoms. The highest BCUT2D eigenvalue weighted by molar-refractivity contribution is 5.28. The van der Waals surface area contributed by atoms with Crippen molar-refractivity contribution in [1.82, 2.24) is 10.2 Å². The molecule has 2 rings (SSSR count). The molecule has 0 aromatic heterocycles. The maximum Gasteiger partial charge on any atom is 0.119 e. The second-order valence-corrected chi connectivity index (χ2v) is 5.79. The molecule has 0 aliphatic heterocycles. The van der Waals surface area contributed by atoms with Gasteiger partial charge in [0.1, 0.15) is 5.75 Å². The molecule has 1 aromatic carbocycles. The molecule has 0 heterocycles. The number of rotatable bonds is 6. The lowest BCUT2D eigenvalue weighted by Crippen LogP contribution is -2.39. The summed E-state index contributed by atoms with van der Waals surface area (Å²) in [4.78, 5) is 2.50. The zero-order valence-corrected chi connectivity index (χ0v) is 13.1. The van der Waals surface area contributed by atoms with Gasteiger partial charge in [0.2, 0.25) is 0 Å². The van der Waals surface area contributed by atoms with Crippen LogP contribution in [0.25, 0.3) is 0 Å². The highest BCUT2D eigenvalue weighted by Crippen LogP contribution is 2.24. The fourth-order valence-electron chi connectivity index (χ4n) is 3.12. The summed E-state index contributed by atoms with van der Waals surface area (Å²) in [7, 11) is 4.33. The van der Waals surface area contributed by atoms with Crippen LogP contribution < -0.4 is 10.1 Å². The zero-order valence-electron chi connectivity index (χ0n) is 13.1. The molecule has 1 fully saturated rings. The van der Waals surface area contributed by atoms with E-state index in [4.69, 9.17) is 4.74 Å². The summed E-state index contributed by atoms with van der Waals surface area (Å²) in [5.74, 6) is 0.984. The van der Waals surface area contributed by atoms with Crippen molar-refractivity contribution in [2.24, 2.45) is 0 Å². The van der Waals surface area contributed by atoms with Crippen LogP contribution in [0.5, 0.6) is 5.75 Å². The van der Waals surface area contributed by atoms with E-state index in [1.165, 1.54) is 31.2 Å². The van der Waals surface area contributed by atoms with Crippen LogP contribution in [0.3, 0.4) is 0 Å². The van der Waals surface area contributed by atoms with Crippen LogP contribution in [0.15, 0.2) is 24.3 Å². The molecule has 1 aliphatic carbocycles. The normalized spacial score (nSPS) is 23.0. The molecule has 0 saturated heterocycles. The van der Waals surface area contributed by atoms with Crippen molar-refractivity contribution < 1.29 is 4.74 Å². The van der Waals surface area contributed by atoms with Gasteiger partial charge in [-0.3, -0.25) is 4.90 Å². The Hall–Kier alpha value is -1.06. The van der Waals surface area contributed by atoms with Crippen molar-refractivity contribution in [2.75, 3.05) is 20.7 Å². The second-order valence-electron chi connectivity index (χ2n) is 5.79. The Morgan fingerprint density at radius 1 is 1.25 bits per heavy atom. The fourth-order valence-corrected chi connectivity index (χ4v) is 3.12. The van der Waals surface area contributed by atoms with Crippen molar-refractivity contribution in [3.63, 3.8) is 0 Å². The molecule has 1 aliphatic rings. The summed E-state index contributed by atoms with van der Waals surface area (Å²) in [5.41, 5.74) is 1.34. The summed E-state index contributed by atoms with van der Waals surface area (Å²) in [6.45, 7) is 3.77. The van der Waals surface area contributed by atoms with Crippen LogP contribution in [-0.4, -0.2) is 37.7 Å². The van der Waals surface area contributed by atoms with Gasteiger partial charge in [0.05, 0.1) is 6.61 Å². The molecule has 1 N–H and O–H groups in total. The fraction of sp³-hybridized carbons (Fsp3) is 0.647. The lowest BCUT2D eigenvalue weighted by Gasteiger charge is -2.34. The number of nitrogens with zero attached hydrogens (tertiary/aromatic N) is 1. The third-order valence-corrected chi connectivity index (χ3v) is 4.37. The van der Waals surface area contributed by atoms with Crippen molar-refractivity contribution >= 4 is 0 Å². The molecular weight excluding hydrogens is 248 g/mol. The summed E-state index contributed by atoms with van der Waals surface area (Å²) < 4.78 is 5.58. The Morgan fingerprint density at radius 2 is 2.00 bits per heavy atom. The van der Waals surface area contributed by atoms with Gasteiger partial charge in [-0.2, -0.15) is 0 Å². The molecule has 112 valence electrons. The number of benzene rings is 1. The van der Waals surface area contributed by atoms with E-state index in [9.17, 15) is 0 Å². The second kappa shape index (κ2) is 7.65. The lowest BCUT2D eigenvalue weighted by molar-refractivity contribution is 0.170. The first-order valence-electron chi connectivity index (χ1n) is 7.82. The Kier molecular flexibility index (Phi) is 5.86. The molecule has 0 amide bonds. The van der Waals surface area contributed by atoms with Gasteiger partial charge < -0.3 is 10.1 Å². The van der Waals surface area contributed by atoms with E-state index >= 15 is 0 Å². The maximum absolute atomic E-state index is 5.58. The Bertz CT molecular complexity index is 400. The Balaban J connectivity index is 1.87. The third kappa shape index (κ3) is 4.22. The first-order chi connectivity index (χ1) is 9.72. The predicted molar refractivity (Wildman–Crippen MR) is 84.2 cm³/mol. The third-order valence-electron chi connectivity index (χ3n) is 4.37. The van der Waals surface area contributed by atoms with E-state index in [0.29, 0.717) is 0 Å². The standard InChI is InChI=1S/C17H28N2O/c1-4-20-17-7-5-6-14(12-17)13-19(3)16-10-8-15(18-2)9-11-16/h5-7,12,15-16,18H,4,8-11,13H2,1-3H3. The minimum Gasteiger partial charge on any atom is -0.494 e. The van der Waals surface area contributed by atoms with Crippen LogP contribution in [0.2, 0.25) is 0 Å². The van der Waals surface area contributed by atoms with Crippen LogP contribution in [0.4, 0.5) is 0 Å². The molecule has 1 aromatic rings. The molecule has 3 heteroatoms. The Labute approximate surface area is 123 Å². The highest BCUT2D eigenvalue weighted by Gasteiger charge is 2.22. The van der Waals surface area contributed by atoms with Crippen LogP contribution in [-0.2, 0) is 6.54 Å². The van der Waals surface area contributed by atoms with Gasteiger partial charge >= 0.3 is 0 Å². The van der Waals surface area contributed by atoms with Gasteiger partial charge in [-0.05, 0) is 64.4 Å². The molecule has 1 saturated carbocycles. The largest absolute Gasteiger partial charge is 0.494 e. The lowest BCUT2D eigenvalue weighted by atomic mass is 9.90. The number of nitrogens with one attached hydrogen (secondary N) is 1. The minimum absolute atomic E-state index is 0.718. The van der Waals surface area contributed by atoms with Gasteiger partial charge in [-0.25, -0.2) is 0 Å². The van der Waals surface area contributed by atoms with Crippen LogP contribution >= 0.6 is 0 Å². The van der Waals surface area contributed by atoms with Crippen molar-refractivity contribution in [3.05, 3.63) is 29.8 Å². The first kappa shape index (κ1) is 15.3. The molecule has 0 atom stereocenters. The monoisotopic (exact) mass is 276 g/mol. The van der Waals surface area contributed by atoms with Crippen molar-refractivity contribution in [1.29, 1.82) is 0 Å². The van der Waals surface area contributed by atoms with E-state index in [-0.39, 0.29) is 0 Å². The van der Waals surface area contributed by atoms with Crippen LogP contribution in [0.1, 0.15) is 38.2 Å². The quantitative estimate of drug-likeness (QED) is 0.864. The molecule has 0 unspecified atom stereocenters. The molecular formula is C17H28N2O. The summed E-state index contributed by atoms with van der Waals surface area (Å²) in [5, 5.41) is 3.40. The van der Waals surface area contributed by atoms with E-state index in [0.717, 1.165) is 31.0 Å². The van der Waals surface area contributed by atoms with E-state index in [1.807, 2.05) is 13.0 Å². The van der Waals surface area contributed by atoms with Gasteiger partial charge in [0, 0.05) is 18.6 Å². The zero-order chi connectivity index (χ0) is 14.4. The number of hydrogen-bond acceptors (Lipinski definition) is 3. The van der Waals surface area contributed by atoms with E-state index in [1.54, 1.807) is 0 Å². The highest BCUT2D eigenvalue weighted by atomic mass is 16.5.